The predicted molar refractivity (Wildman–Crippen MR) is 91.5 cm³/mol. The van der Waals surface area contributed by atoms with Crippen LogP contribution in [0.4, 0.5) is 10.1 Å². The fraction of sp³-hybridized carbons (Fsp3) is 0. The summed E-state index contributed by atoms with van der Waals surface area (Å²) in [5.41, 5.74) is 3.24. The Hall–Kier alpha value is -3.61. The SMILES string of the molecule is O=C(Nc1ccc(-c2nc3ccc(F)cc3[nH]2)cc1)c1ccnnc1. The molecule has 4 aromatic rings. The molecule has 2 heterocycles. The molecule has 2 aromatic carbocycles. The molecule has 7 heteroatoms. The summed E-state index contributed by atoms with van der Waals surface area (Å²) in [6, 6.07) is 13.2. The summed E-state index contributed by atoms with van der Waals surface area (Å²) in [7, 11) is 0. The minimum atomic E-state index is -0.314. The van der Waals surface area contributed by atoms with Crippen molar-refractivity contribution in [3.63, 3.8) is 0 Å². The van der Waals surface area contributed by atoms with Crippen LogP contribution in [0, 0.1) is 5.82 Å². The van der Waals surface area contributed by atoms with Gasteiger partial charge in [0.25, 0.3) is 5.91 Å². The molecule has 2 N–H and O–H groups in total. The van der Waals surface area contributed by atoms with E-state index in [1.165, 1.54) is 24.5 Å². The molecule has 0 fully saturated rings. The van der Waals surface area contributed by atoms with Gasteiger partial charge in [-0.05, 0) is 48.5 Å². The van der Waals surface area contributed by atoms with Crippen LogP contribution in [0.5, 0.6) is 0 Å². The molecule has 0 spiro atoms. The first-order chi connectivity index (χ1) is 12.2. The maximum Gasteiger partial charge on any atom is 0.257 e. The number of hydrogen-bond donors (Lipinski definition) is 2. The summed E-state index contributed by atoms with van der Waals surface area (Å²) in [4.78, 5) is 19.6. The summed E-state index contributed by atoms with van der Waals surface area (Å²) in [6.07, 6.45) is 2.86. The summed E-state index contributed by atoms with van der Waals surface area (Å²) in [6.45, 7) is 0. The van der Waals surface area contributed by atoms with Gasteiger partial charge in [-0.3, -0.25) is 4.79 Å². The summed E-state index contributed by atoms with van der Waals surface area (Å²) in [5.74, 6) is 0.0602. The molecule has 1 amide bonds. The number of imidazole rings is 1. The van der Waals surface area contributed by atoms with Crippen molar-refractivity contribution < 1.29 is 9.18 Å². The molecule has 0 aliphatic rings. The van der Waals surface area contributed by atoms with E-state index < -0.39 is 0 Å². The minimum Gasteiger partial charge on any atom is -0.338 e. The highest BCUT2D eigenvalue weighted by Gasteiger charge is 2.08. The fourth-order valence-electron chi connectivity index (χ4n) is 2.46. The molecule has 0 radical (unpaired) electrons. The average Bonchev–Trinajstić information content (AvgIpc) is 3.06. The zero-order valence-corrected chi connectivity index (χ0v) is 12.9. The second kappa shape index (κ2) is 6.12. The van der Waals surface area contributed by atoms with E-state index in [0.29, 0.717) is 28.1 Å². The second-order valence-electron chi connectivity index (χ2n) is 5.41. The Kier molecular flexibility index (Phi) is 3.66. The number of hydrogen-bond acceptors (Lipinski definition) is 4. The second-order valence-corrected chi connectivity index (χ2v) is 5.41. The van der Waals surface area contributed by atoms with Crippen LogP contribution in [0.3, 0.4) is 0 Å². The molecule has 6 nitrogen and oxygen atoms in total. The number of nitrogens with one attached hydrogen (secondary N) is 2. The van der Waals surface area contributed by atoms with Gasteiger partial charge >= 0.3 is 0 Å². The van der Waals surface area contributed by atoms with E-state index in [2.05, 4.69) is 25.5 Å². The van der Waals surface area contributed by atoms with Gasteiger partial charge in [-0.2, -0.15) is 10.2 Å². The molecule has 0 bridgehead atoms. The quantitative estimate of drug-likeness (QED) is 0.602. The standard InChI is InChI=1S/C18H12FN5O/c19-13-3-6-15-16(9-13)24-17(23-15)11-1-4-14(5-2-11)22-18(25)12-7-8-20-21-10-12/h1-10H,(H,22,25)(H,23,24). The van der Waals surface area contributed by atoms with Crippen molar-refractivity contribution in [3.05, 3.63) is 72.3 Å². The first kappa shape index (κ1) is 14.9. The number of halogens is 1. The van der Waals surface area contributed by atoms with Crippen molar-refractivity contribution >= 4 is 22.6 Å². The predicted octanol–water partition coefficient (Wildman–Crippen LogP) is 3.41. The van der Waals surface area contributed by atoms with Crippen LogP contribution in [0.15, 0.2) is 60.9 Å². The third kappa shape index (κ3) is 3.07. The Morgan fingerprint density at radius 2 is 1.88 bits per heavy atom. The van der Waals surface area contributed by atoms with E-state index in [1.54, 1.807) is 24.3 Å². The monoisotopic (exact) mass is 333 g/mol. The van der Waals surface area contributed by atoms with Crippen LogP contribution < -0.4 is 5.32 Å². The van der Waals surface area contributed by atoms with Gasteiger partial charge in [0.15, 0.2) is 0 Å². The Bertz CT molecular complexity index is 1040. The van der Waals surface area contributed by atoms with E-state index >= 15 is 0 Å². The van der Waals surface area contributed by atoms with Crippen molar-refractivity contribution in [2.45, 2.75) is 0 Å². The van der Waals surface area contributed by atoms with Gasteiger partial charge in [0.05, 0.1) is 29.0 Å². The highest BCUT2D eigenvalue weighted by atomic mass is 19.1. The number of H-pyrrole nitrogens is 1. The molecule has 0 saturated heterocycles. The van der Waals surface area contributed by atoms with Crippen LogP contribution in [-0.4, -0.2) is 26.1 Å². The molecule has 4 rings (SSSR count). The van der Waals surface area contributed by atoms with E-state index in [-0.39, 0.29) is 11.7 Å². The lowest BCUT2D eigenvalue weighted by Gasteiger charge is -2.05. The number of aromatic amines is 1. The van der Waals surface area contributed by atoms with Crippen molar-refractivity contribution in [3.8, 4) is 11.4 Å². The number of anilines is 1. The fourth-order valence-corrected chi connectivity index (χ4v) is 2.46. The van der Waals surface area contributed by atoms with Crippen LogP contribution in [0.1, 0.15) is 10.4 Å². The Morgan fingerprint density at radius 1 is 1.04 bits per heavy atom. The molecule has 0 unspecified atom stereocenters. The van der Waals surface area contributed by atoms with E-state index in [0.717, 1.165) is 5.56 Å². The van der Waals surface area contributed by atoms with Gasteiger partial charge in [-0.15, -0.1) is 0 Å². The molecule has 2 aromatic heterocycles. The topological polar surface area (TPSA) is 83.6 Å². The number of nitrogens with zero attached hydrogens (tertiary/aromatic N) is 3. The number of fused-ring (bicyclic) bond motifs is 1. The van der Waals surface area contributed by atoms with Gasteiger partial charge in [-0.1, -0.05) is 0 Å². The van der Waals surface area contributed by atoms with Crippen LogP contribution >= 0.6 is 0 Å². The number of amides is 1. The van der Waals surface area contributed by atoms with Crippen LogP contribution in [-0.2, 0) is 0 Å². The molecule has 0 aliphatic heterocycles. The molecule has 0 atom stereocenters. The number of carbonyl (C=O) groups excluding carboxylic acids is 1. The van der Waals surface area contributed by atoms with Gasteiger partial charge in [0, 0.05) is 11.3 Å². The van der Waals surface area contributed by atoms with Gasteiger partial charge < -0.3 is 10.3 Å². The maximum atomic E-state index is 13.3. The molecule has 0 aliphatic carbocycles. The number of aromatic nitrogens is 4. The van der Waals surface area contributed by atoms with Gasteiger partial charge in [0.2, 0.25) is 0 Å². The number of benzene rings is 2. The first-order valence-corrected chi connectivity index (χ1v) is 7.53. The van der Waals surface area contributed by atoms with E-state index in [4.69, 9.17) is 0 Å². The van der Waals surface area contributed by atoms with Crippen molar-refractivity contribution in [1.29, 1.82) is 0 Å². The highest BCUT2D eigenvalue weighted by Crippen LogP contribution is 2.22. The van der Waals surface area contributed by atoms with Gasteiger partial charge in [-0.25, -0.2) is 9.37 Å². The van der Waals surface area contributed by atoms with Crippen molar-refractivity contribution in [2.75, 3.05) is 5.32 Å². The molecular weight excluding hydrogens is 321 g/mol. The molecule has 0 saturated carbocycles. The van der Waals surface area contributed by atoms with Crippen molar-refractivity contribution in [1.82, 2.24) is 20.2 Å². The molecule has 122 valence electrons. The maximum absolute atomic E-state index is 13.3. The smallest absolute Gasteiger partial charge is 0.257 e. The Labute approximate surface area is 141 Å². The zero-order valence-electron chi connectivity index (χ0n) is 12.9. The molecular formula is C18H12FN5O. The first-order valence-electron chi connectivity index (χ1n) is 7.53. The van der Waals surface area contributed by atoms with E-state index in [1.807, 2.05) is 12.1 Å². The third-order valence-electron chi connectivity index (χ3n) is 3.71. The van der Waals surface area contributed by atoms with E-state index in [9.17, 15) is 9.18 Å². The lowest BCUT2D eigenvalue weighted by Crippen LogP contribution is -2.12. The highest BCUT2D eigenvalue weighted by molar-refractivity contribution is 6.04. The summed E-state index contributed by atoms with van der Waals surface area (Å²) in [5, 5.41) is 10.1. The lowest BCUT2D eigenvalue weighted by molar-refractivity contribution is 0.102. The van der Waals surface area contributed by atoms with Crippen molar-refractivity contribution in [2.24, 2.45) is 0 Å². The Morgan fingerprint density at radius 3 is 2.64 bits per heavy atom. The lowest BCUT2D eigenvalue weighted by atomic mass is 10.2. The largest absolute Gasteiger partial charge is 0.338 e. The van der Waals surface area contributed by atoms with Crippen LogP contribution in [0.2, 0.25) is 0 Å². The molecule has 25 heavy (non-hydrogen) atoms. The zero-order chi connectivity index (χ0) is 17.2. The summed E-state index contributed by atoms with van der Waals surface area (Å²) >= 11 is 0. The normalized spacial score (nSPS) is 10.8. The Balaban J connectivity index is 1.56. The average molecular weight is 333 g/mol. The van der Waals surface area contributed by atoms with Gasteiger partial charge in [0.1, 0.15) is 11.6 Å². The number of carbonyl (C=O) groups is 1. The minimum absolute atomic E-state index is 0.262. The number of rotatable bonds is 3. The summed E-state index contributed by atoms with van der Waals surface area (Å²) < 4.78 is 13.3. The van der Waals surface area contributed by atoms with Crippen LogP contribution in [0.25, 0.3) is 22.4 Å². The third-order valence-corrected chi connectivity index (χ3v) is 3.71.